The normalized spacial score (nSPS) is 27.6. The average molecular weight is 403 g/mol. The second-order valence-electron chi connectivity index (χ2n) is 7.47. The monoisotopic (exact) mass is 402 g/mol. The molecule has 0 aromatic heterocycles. The fourth-order valence-corrected chi connectivity index (χ4v) is 4.70. The number of aliphatic hydroxyl groups is 1. The molecule has 1 aliphatic rings. The van der Waals surface area contributed by atoms with E-state index in [0.29, 0.717) is 22.6 Å². The van der Waals surface area contributed by atoms with Gasteiger partial charge in [-0.2, -0.15) is 0 Å². The summed E-state index contributed by atoms with van der Waals surface area (Å²) in [6.45, 7) is 3.78. The predicted octanol–water partition coefficient (Wildman–Crippen LogP) is 3.87. The summed E-state index contributed by atoms with van der Waals surface area (Å²) in [5, 5.41) is 23.8. The Labute approximate surface area is 168 Å². The fraction of sp³-hybridized carbons (Fsp3) is 0.381. The van der Waals surface area contributed by atoms with Crippen LogP contribution >= 0.6 is 11.6 Å². The minimum atomic E-state index is -1.17. The van der Waals surface area contributed by atoms with Crippen LogP contribution < -0.4 is 0 Å². The zero-order valence-electron chi connectivity index (χ0n) is 15.7. The van der Waals surface area contributed by atoms with Gasteiger partial charge < -0.3 is 10.0 Å². The number of carbonyl (C=O) groups is 1. The third kappa shape index (κ3) is 3.50. The lowest BCUT2D eigenvalue weighted by Crippen LogP contribution is -2.59. The lowest BCUT2D eigenvalue weighted by atomic mass is 9.68. The number of hydrogen-bond acceptors (Lipinski definition) is 4. The Morgan fingerprint density at radius 3 is 2.29 bits per heavy atom. The second-order valence-corrected chi connectivity index (χ2v) is 7.87. The van der Waals surface area contributed by atoms with Crippen molar-refractivity contribution in [3.63, 3.8) is 0 Å². The van der Waals surface area contributed by atoms with Gasteiger partial charge in [0.25, 0.3) is 0 Å². The molecule has 148 valence electrons. The van der Waals surface area contributed by atoms with Crippen molar-refractivity contribution >= 4 is 18.0 Å². The number of piperidine rings is 1. The van der Waals surface area contributed by atoms with E-state index in [1.807, 2.05) is 13.8 Å². The van der Waals surface area contributed by atoms with Gasteiger partial charge in [-0.25, -0.2) is 0 Å². The van der Waals surface area contributed by atoms with Crippen LogP contribution in [0.5, 0.6) is 0 Å². The van der Waals surface area contributed by atoms with Gasteiger partial charge in [-0.3, -0.25) is 14.9 Å². The van der Waals surface area contributed by atoms with Crippen molar-refractivity contribution < 1.29 is 14.8 Å². The Kier molecular flexibility index (Phi) is 6.01. The number of hydrogen-bond donors (Lipinski definition) is 1. The summed E-state index contributed by atoms with van der Waals surface area (Å²) in [6.07, 6.45) is -0.656. The molecule has 1 heterocycles. The maximum atomic E-state index is 12.3. The molecule has 1 fully saturated rings. The van der Waals surface area contributed by atoms with E-state index >= 15 is 0 Å². The summed E-state index contributed by atoms with van der Waals surface area (Å²) in [7, 11) is 0. The van der Waals surface area contributed by atoms with E-state index in [2.05, 4.69) is 0 Å². The molecule has 3 rings (SSSR count). The third-order valence-electron chi connectivity index (χ3n) is 5.62. The fourth-order valence-electron chi connectivity index (χ4n) is 4.44. The number of halogens is 1. The maximum absolute atomic E-state index is 12.3. The molecule has 5 atom stereocenters. The maximum Gasteiger partial charge on any atom is 0.244 e. The molecule has 1 N–H and O–H groups in total. The number of rotatable bonds is 5. The summed E-state index contributed by atoms with van der Waals surface area (Å²) >= 11 is 6.42. The molecule has 0 unspecified atom stereocenters. The van der Waals surface area contributed by atoms with E-state index in [1.54, 1.807) is 54.6 Å². The number of aliphatic hydroxyl groups excluding tert-OH is 1. The summed E-state index contributed by atoms with van der Waals surface area (Å²) in [6, 6.07) is 13.8. The molecule has 0 saturated carbocycles. The van der Waals surface area contributed by atoms with Crippen molar-refractivity contribution in [1.82, 2.24) is 4.90 Å². The third-order valence-corrected chi connectivity index (χ3v) is 5.96. The van der Waals surface area contributed by atoms with E-state index in [1.165, 1.54) is 4.90 Å². The van der Waals surface area contributed by atoms with Crippen molar-refractivity contribution in [3.05, 3.63) is 80.9 Å². The molecule has 0 radical (unpaired) electrons. The molecule has 0 aliphatic carbocycles. The van der Waals surface area contributed by atoms with Gasteiger partial charge in [0.15, 0.2) is 0 Å². The van der Waals surface area contributed by atoms with Crippen LogP contribution in [0.3, 0.4) is 0 Å². The Bertz CT molecular complexity index is 845. The number of likely N-dealkylation sites (tertiary alicyclic amines) is 1. The van der Waals surface area contributed by atoms with Crippen LogP contribution in [-0.4, -0.2) is 33.6 Å². The quantitative estimate of drug-likeness (QED) is 0.467. The molecule has 28 heavy (non-hydrogen) atoms. The Morgan fingerprint density at radius 1 is 1.14 bits per heavy atom. The van der Waals surface area contributed by atoms with Crippen molar-refractivity contribution in [2.45, 2.75) is 38.1 Å². The molecule has 1 amide bonds. The first kappa shape index (κ1) is 20.3. The molecule has 6 nitrogen and oxygen atoms in total. The molecule has 2 aromatic carbocycles. The van der Waals surface area contributed by atoms with Gasteiger partial charge in [-0.15, -0.1) is 0 Å². The molecule has 1 aliphatic heterocycles. The zero-order valence-corrected chi connectivity index (χ0v) is 16.4. The number of amides is 1. The van der Waals surface area contributed by atoms with Crippen LogP contribution in [0.1, 0.15) is 36.9 Å². The highest BCUT2D eigenvalue weighted by Crippen LogP contribution is 2.49. The molecule has 0 bridgehead atoms. The minimum absolute atomic E-state index is 0.113. The largest absolute Gasteiger partial charge is 0.373 e. The molecular weight excluding hydrogens is 380 g/mol. The van der Waals surface area contributed by atoms with Gasteiger partial charge in [-0.1, -0.05) is 74.0 Å². The standard InChI is InChI=1S/C21H23ClN2O4/c1-13(2)17-18(15-10-6-7-11-16(15)22)20(24(27)28)19(23(12-25)21(17)26)14-8-4-3-5-9-14/h3-13,17-21,26H,1-2H3/t17-,18-,19-,20+,21+/m1/s1. The molecule has 7 heteroatoms. The van der Waals surface area contributed by atoms with Crippen molar-refractivity contribution in [1.29, 1.82) is 0 Å². The highest BCUT2D eigenvalue weighted by atomic mass is 35.5. The van der Waals surface area contributed by atoms with Gasteiger partial charge in [-0.05, 0) is 23.1 Å². The highest BCUT2D eigenvalue weighted by molar-refractivity contribution is 6.31. The van der Waals surface area contributed by atoms with Crippen LogP contribution in [0.25, 0.3) is 0 Å². The van der Waals surface area contributed by atoms with Gasteiger partial charge in [0, 0.05) is 15.9 Å². The van der Waals surface area contributed by atoms with E-state index in [9.17, 15) is 20.0 Å². The minimum Gasteiger partial charge on any atom is -0.373 e. The van der Waals surface area contributed by atoms with Crippen LogP contribution in [0, 0.1) is 22.0 Å². The van der Waals surface area contributed by atoms with Gasteiger partial charge >= 0.3 is 0 Å². The zero-order chi connectivity index (χ0) is 20.4. The van der Waals surface area contributed by atoms with Crippen LogP contribution in [0.2, 0.25) is 5.02 Å². The Hall–Kier alpha value is -2.44. The lowest BCUT2D eigenvalue weighted by Gasteiger charge is -2.49. The number of carbonyl (C=O) groups excluding carboxylic acids is 1. The summed E-state index contributed by atoms with van der Waals surface area (Å²) in [4.78, 5) is 25.1. The first-order valence-electron chi connectivity index (χ1n) is 9.22. The Morgan fingerprint density at radius 2 is 1.75 bits per heavy atom. The van der Waals surface area contributed by atoms with Crippen molar-refractivity contribution in [3.8, 4) is 0 Å². The van der Waals surface area contributed by atoms with E-state index < -0.39 is 30.1 Å². The van der Waals surface area contributed by atoms with Gasteiger partial charge in [0.05, 0.1) is 5.92 Å². The van der Waals surface area contributed by atoms with E-state index in [0.717, 1.165) is 0 Å². The number of nitrogens with zero attached hydrogens (tertiary/aromatic N) is 2. The van der Waals surface area contributed by atoms with Crippen LogP contribution in [0.15, 0.2) is 54.6 Å². The first-order valence-corrected chi connectivity index (χ1v) is 9.60. The molecular formula is C21H23ClN2O4. The van der Waals surface area contributed by atoms with Gasteiger partial charge in [0.2, 0.25) is 12.5 Å². The second kappa shape index (κ2) is 8.29. The van der Waals surface area contributed by atoms with Crippen molar-refractivity contribution in [2.75, 3.05) is 0 Å². The predicted molar refractivity (Wildman–Crippen MR) is 106 cm³/mol. The number of nitro groups is 1. The first-order chi connectivity index (χ1) is 13.4. The SMILES string of the molecule is CC(C)[C@@H]1[C@@H](c2ccccc2Cl)[C@H]([N+](=O)[O-])[C@@H](c2ccccc2)N(C=O)[C@H]1O. The van der Waals surface area contributed by atoms with Gasteiger partial charge in [0.1, 0.15) is 12.3 Å². The summed E-state index contributed by atoms with van der Waals surface area (Å²) in [5.74, 6) is -1.31. The van der Waals surface area contributed by atoms with E-state index in [4.69, 9.17) is 11.6 Å². The van der Waals surface area contributed by atoms with Crippen molar-refractivity contribution in [2.24, 2.45) is 11.8 Å². The average Bonchev–Trinajstić information content (AvgIpc) is 2.67. The summed E-state index contributed by atoms with van der Waals surface area (Å²) < 4.78 is 0. The Balaban J connectivity index is 2.25. The van der Waals surface area contributed by atoms with Crippen LogP contribution in [0.4, 0.5) is 0 Å². The number of benzene rings is 2. The summed E-state index contributed by atoms with van der Waals surface area (Å²) in [5.41, 5.74) is 1.23. The lowest BCUT2D eigenvalue weighted by molar-refractivity contribution is -0.544. The molecule has 2 aromatic rings. The topological polar surface area (TPSA) is 83.7 Å². The van der Waals surface area contributed by atoms with E-state index in [-0.39, 0.29) is 10.8 Å². The molecule has 0 spiro atoms. The molecule has 1 saturated heterocycles. The smallest absolute Gasteiger partial charge is 0.244 e. The van der Waals surface area contributed by atoms with Crippen LogP contribution in [-0.2, 0) is 4.79 Å². The highest BCUT2D eigenvalue weighted by Gasteiger charge is 2.56.